The third kappa shape index (κ3) is 2.52. The van der Waals surface area contributed by atoms with Gasteiger partial charge in [0.25, 0.3) is 5.69 Å². The molecule has 1 aromatic carbocycles. The third-order valence-corrected chi connectivity index (χ3v) is 4.43. The van der Waals surface area contributed by atoms with E-state index in [0.29, 0.717) is 4.88 Å². The van der Waals surface area contributed by atoms with Gasteiger partial charge < -0.3 is 0 Å². The lowest BCUT2D eigenvalue weighted by atomic mass is 10.0. The van der Waals surface area contributed by atoms with E-state index in [1.807, 2.05) is 19.2 Å². The predicted molar refractivity (Wildman–Crippen MR) is 75.3 cm³/mol. The molecule has 0 saturated heterocycles. The Bertz CT molecular complexity index is 679. The van der Waals surface area contributed by atoms with E-state index in [2.05, 4.69) is 0 Å². The molecular formula is C13H10ClNO3S. The second-order valence-corrected chi connectivity index (χ2v) is 5.41. The van der Waals surface area contributed by atoms with Crippen molar-refractivity contribution in [3.05, 3.63) is 60.3 Å². The van der Waals surface area contributed by atoms with Gasteiger partial charge in [0.15, 0.2) is 0 Å². The zero-order valence-corrected chi connectivity index (χ0v) is 11.8. The first kappa shape index (κ1) is 13.7. The van der Waals surface area contributed by atoms with Gasteiger partial charge in [-0.05, 0) is 36.4 Å². The van der Waals surface area contributed by atoms with Crippen LogP contribution in [0.2, 0.25) is 5.02 Å². The molecule has 0 aliphatic carbocycles. The zero-order valence-electron chi connectivity index (χ0n) is 10.3. The molecule has 0 fully saturated rings. The summed E-state index contributed by atoms with van der Waals surface area (Å²) in [6.07, 6.45) is 0. The number of hydrogen-bond donors (Lipinski definition) is 0. The Morgan fingerprint density at radius 2 is 2.05 bits per heavy atom. The minimum atomic E-state index is -0.542. The molecule has 0 bridgehead atoms. The van der Waals surface area contributed by atoms with Crippen molar-refractivity contribution < 1.29 is 9.72 Å². The molecule has 4 nitrogen and oxygen atoms in total. The third-order valence-electron chi connectivity index (χ3n) is 2.90. The van der Waals surface area contributed by atoms with Gasteiger partial charge in [0.2, 0.25) is 5.78 Å². The van der Waals surface area contributed by atoms with E-state index in [4.69, 9.17) is 11.6 Å². The molecule has 2 aromatic rings. The Morgan fingerprint density at radius 3 is 2.58 bits per heavy atom. The largest absolute Gasteiger partial charge is 0.288 e. The standard InChI is InChI=1S/C13H10ClNO3S/c1-7-6-19-13(8(7)2)12(16)10-5-9(15(17)18)3-4-11(10)14/h3-6H,1-2H3. The lowest BCUT2D eigenvalue weighted by molar-refractivity contribution is -0.384. The number of aryl methyl sites for hydroxylation is 1. The number of thiophene rings is 1. The Hall–Kier alpha value is -1.72. The van der Waals surface area contributed by atoms with Crippen LogP contribution in [0.5, 0.6) is 0 Å². The number of nitro groups is 1. The molecule has 0 aliphatic rings. The number of nitrogens with zero attached hydrogens (tertiary/aromatic N) is 1. The fourth-order valence-corrected chi connectivity index (χ4v) is 2.88. The van der Waals surface area contributed by atoms with Crippen LogP contribution in [0.1, 0.15) is 26.4 Å². The molecule has 0 N–H and O–H groups in total. The topological polar surface area (TPSA) is 60.2 Å². The molecule has 2 rings (SSSR count). The lowest BCUT2D eigenvalue weighted by Crippen LogP contribution is -2.03. The molecule has 19 heavy (non-hydrogen) atoms. The van der Waals surface area contributed by atoms with E-state index in [1.165, 1.54) is 29.5 Å². The molecule has 0 amide bonds. The summed E-state index contributed by atoms with van der Waals surface area (Å²) in [6.45, 7) is 3.77. The van der Waals surface area contributed by atoms with Crippen molar-refractivity contribution in [3.63, 3.8) is 0 Å². The number of ketones is 1. The van der Waals surface area contributed by atoms with Crippen molar-refractivity contribution in [2.24, 2.45) is 0 Å². The minimum absolute atomic E-state index is 0.140. The fourth-order valence-electron chi connectivity index (χ4n) is 1.65. The quantitative estimate of drug-likeness (QED) is 0.485. The van der Waals surface area contributed by atoms with Crippen LogP contribution in [-0.4, -0.2) is 10.7 Å². The van der Waals surface area contributed by atoms with Gasteiger partial charge >= 0.3 is 0 Å². The molecule has 0 spiro atoms. The van der Waals surface area contributed by atoms with Crippen LogP contribution in [0.25, 0.3) is 0 Å². The normalized spacial score (nSPS) is 10.5. The van der Waals surface area contributed by atoms with Crippen molar-refractivity contribution in [2.75, 3.05) is 0 Å². The molecule has 98 valence electrons. The monoisotopic (exact) mass is 295 g/mol. The highest BCUT2D eigenvalue weighted by Crippen LogP contribution is 2.29. The summed E-state index contributed by atoms with van der Waals surface area (Å²) >= 11 is 7.29. The van der Waals surface area contributed by atoms with E-state index < -0.39 is 4.92 Å². The Labute approximate surface area is 118 Å². The Morgan fingerprint density at radius 1 is 1.37 bits per heavy atom. The van der Waals surface area contributed by atoms with Crippen LogP contribution in [0.3, 0.4) is 0 Å². The van der Waals surface area contributed by atoms with E-state index in [-0.39, 0.29) is 22.1 Å². The first-order valence-electron chi connectivity index (χ1n) is 5.45. The van der Waals surface area contributed by atoms with Crippen LogP contribution in [0.15, 0.2) is 23.6 Å². The van der Waals surface area contributed by atoms with Crippen molar-refractivity contribution in [2.45, 2.75) is 13.8 Å². The molecular weight excluding hydrogens is 286 g/mol. The second-order valence-electron chi connectivity index (χ2n) is 4.12. The summed E-state index contributed by atoms with van der Waals surface area (Å²) in [5.74, 6) is -0.274. The fraction of sp³-hybridized carbons (Fsp3) is 0.154. The minimum Gasteiger partial charge on any atom is -0.288 e. The molecule has 6 heteroatoms. The van der Waals surface area contributed by atoms with E-state index in [0.717, 1.165) is 11.1 Å². The van der Waals surface area contributed by atoms with Gasteiger partial charge in [0.1, 0.15) is 0 Å². The van der Waals surface area contributed by atoms with Crippen LogP contribution in [-0.2, 0) is 0 Å². The lowest BCUT2D eigenvalue weighted by Gasteiger charge is -2.03. The summed E-state index contributed by atoms with van der Waals surface area (Å²) in [4.78, 5) is 23.2. The highest BCUT2D eigenvalue weighted by Gasteiger charge is 2.20. The van der Waals surface area contributed by atoms with Gasteiger partial charge in [-0.1, -0.05) is 11.6 Å². The van der Waals surface area contributed by atoms with Crippen molar-refractivity contribution in [1.82, 2.24) is 0 Å². The summed E-state index contributed by atoms with van der Waals surface area (Å²) in [5.41, 5.74) is 1.94. The number of benzene rings is 1. The molecule has 0 aliphatic heterocycles. The number of non-ortho nitro benzene ring substituents is 1. The predicted octanol–water partition coefficient (Wildman–Crippen LogP) is 4.16. The SMILES string of the molecule is Cc1csc(C(=O)c2cc([N+](=O)[O-])ccc2Cl)c1C. The van der Waals surface area contributed by atoms with Crippen molar-refractivity contribution >= 4 is 34.4 Å². The summed E-state index contributed by atoms with van der Waals surface area (Å²) in [6, 6.07) is 3.88. The molecule has 0 saturated carbocycles. The molecule has 0 radical (unpaired) electrons. The maximum Gasteiger partial charge on any atom is 0.270 e. The number of carbonyl (C=O) groups is 1. The van der Waals surface area contributed by atoms with E-state index in [9.17, 15) is 14.9 Å². The van der Waals surface area contributed by atoms with Crippen molar-refractivity contribution in [1.29, 1.82) is 0 Å². The van der Waals surface area contributed by atoms with Gasteiger partial charge in [-0.2, -0.15) is 0 Å². The van der Waals surface area contributed by atoms with Gasteiger partial charge in [-0.25, -0.2) is 0 Å². The zero-order chi connectivity index (χ0) is 14.2. The van der Waals surface area contributed by atoms with Crippen LogP contribution < -0.4 is 0 Å². The molecule has 1 heterocycles. The summed E-state index contributed by atoms with van der Waals surface area (Å²) < 4.78 is 0. The average molecular weight is 296 g/mol. The second kappa shape index (κ2) is 5.11. The van der Waals surface area contributed by atoms with Gasteiger partial charge in [-0.3, -0.25) is 14.9 Å². The number of carbonyl (C=O) groups excluding carboxylic acids is 1. The smallest absolute Gasteiger partial charge is 0.270 e. The van der Waals surface area contributed by atoms with Gasteiger partial charge in [0, 0.05) is 17.7 Å². The average Bonchev–Trinajstić information content (AvgIpc) is 2.69. The first-order chi connectivity index (χ1) is 8.91. The van der Waals surface area contributed by atoms with Crippen molar-refractivity contribution in [3.8, 4) is 0 Å². The highest BCUT2D eigenvalue weighted by molar-refractivity contribution is 7.12. The van der Waals surface area contributed by atoms with Crippen LogP contribution in [0, 0.1) is 24.0 Å². The van der Waals surface area contributed by atoms with Gasteiger partial charge in [0.05, 0.1) is 14.8 Å². The van der Waals surface area contributed by atoms with Gasteiger partial charge in [-0.15, -0.1) is 11.3 Å². The first-order valence-corrected chi connectivity index (χ1v) is 6.71. The maximum absolute atomic E-state index is 12.4. The molecule has 0 unspecified atom stereocenters. The Balaban J connectivity index is 2.52. The van der Waals surface area contributed by atoms with E-state index >= 15 is 0 Å². The molecule has 1 aromatic heterocycles. The number of halogens is 1. The summed E-state index contributed by atoms with van der Waals surface area (Å²) in [7, 11) is 0. The molecule has 0 atom stereocenters. The van der Waals surface area contributed by atoms with E-state index in [1.54, 1.807) is 0 Å². The summed E-state index contributed by atoms with van der Waals surface area (Å²) in [5, 5.41) is 12.9. The number of nitro benzene ring substituents is 1. The Kier molecular flexibility index (Phi) is 3.68. The van der Waals surface area contributed by atoms with Crippen LogP contribution in [0.4, 0.5) is 5.69 Å². The maximum atomic E-state index is 12.4. The number of rotatable bonds is 3. The highest BCUT2D eigenvalue weighted by atomic mass is 35.5. The number of hydrogen-bond acceptors (Lipinski definition) is 4. The van der Waals surface area contributed by atoms with Crippen LogP contribution >= 0.6 is 22.9 Å².